The fourth-order valence-corrected chi connectivity index (χ4v) is 2.78. The number of aromatic nitrogens is 1. The number of rotatable bonds is 7. The van der Waals surface area contributed by atoms with Gasteiger partial charge in [-0.1, -0.05) is 13.8 Å². The van der Waals surface area contributed by atoms with E-state index >= 15 is 0 Å². The highest BCUT2D eigenvalue weighted by Crippen LogP contribution is 2.23. The van der Waals surface area contributed by atoms with E-state index in [1.807, 2.05) is 19.2 Å². The van der Waals surface area contributed by atoms with Gasteiger partial charge in [-0.2, -0.15) is 0 Å². The van der Waals surface area contributed by atoms with Crippen molar-refractivity contribution in [2.75, 3.05) is 18.5 Å². The Kier molecular flexibility index (Phi) is 5.20. The molecule has 0 aliphatic heterocycles. The average Bonchev–Trinajstić information content (AvgIpc) is 2.99. The molecule has 2 aromatic rings. The molecule has 0 saturated heterocycles. The monoisotopic (exact) mass is 293 g/mol. The minimum absolute atomic E-state index is 0.675. The Hall–Kier alpha value is -1.33. The number of nitrogens with one attached hydrogen (secondary N) is 1. The molecule has 0 aliphatic carbocycles. The van der Waals surface area contributed by atoms with E-state index in [-0.39, 0.29) is 0 Å². The van der Waals surface area contributed by atoms with Crippen LogP contribution in [0.25, 0.3) is 0 Å². The first-order valence-corrected chi connectivity index (χ1v) is 7.77. The Balaban J connectivity index is 1.89. The van der Waals surface area contributed by atoms with Crippen molar-refractivity contribution in [3.8, 4) is 0 Å². The summed E-state index contributed by atoms with van der Waals surface area (Å²) in [6.07, 6.45) is 3.70. The lowest BCUT2D eigenvalue weighted by Gasteiger charge is -2.14. The van der Waals surface area contributed by atoms with Gasteiger partial charge in [-0.15, -0.1) is 11.3 Å². The Morgan fingerprint density at radius 2 is 2.25 bits per heavy atom. The highest BCUT2D eigenvalue weighted by Gasteiger charge is 2.10. The summed E-state index contributed by atoms with van der Waals surface area (Å²) in [5.41, 5.74) is 1.21. The summed E-state index contributed by atoms with van der Waals surface area (Å²) in [5.74, 6) is 1.65. The lowest BCUT2D eigenvalue weighted by Crippen LogP contribution is -2.18. The predicted molar refractivity (Wildman–Crippen MR) is 84.2 cm³/mol. The van der Waals surface area contributed by atoms with Crippen LogP contribution in [0.3, 0.4) is 0 Å². The molecule has 0 aliphatic rings. The number of aryl methyl sites for hydroxylation is 1. The number of hydrogen-bond donors (Lipinski definition) is 1. The van der Waals surface area contributed by atoms with Crippen LogP contribution in [0.4, 0.5) is 5.13 Å². The first-order chi connectivity index (χ1) is 9.56. The van der Waals surface area contributed by atoms with E-state index in [9.17, 15) is 0 Å². The molecule has 110 valence electrons. The van der Waals surface area contributed by atoms with E-state index in [0.29, 0.717) is 5.92 Å². The van der Waals surface area contributed by atoms with E-state index in [0.717, 1.165) is 30.5 Å². The van der Waals surface area contributed by atoms with Crippen molar-refractivity contribution in [2.24, 2.45) is 5.92 Å². The molecule has 2 aromatic heterocycles. The van der Waals surface area contributed by atoms with E-state index in [4.69, 9.17) is 4.42 Å². The largest absolute Gasteiger partial charge is 0.469 e. The molecule has 0 radical (unpaired) electrons. The fraction of sp³-hybridized carbons (Fsp3) is 0.533. The zero-order valence-corrected chi connectivity index (χ0v) is 13.5. The van der Waals surface area contributed by atoms with Crippen molar-refractivity contribution in [1.29, 1.82) is 0 Å². The standard InChI is InChI=1S/C15H23N3OS/c1-11(2)7-16-8-14-9-17-15(20-14)18(4)10-13-5-6-19-12(13)3/h5-6,9,11,16H,7-8,10H2,1-4H3. The SMILES string of the molecule is Cc1occc1CN(C)c1ncc(CNCC(C)C)s1. The Morgan fingerprint density at radius 1 is 1.45 bits per heavy atom. The summed E-state index contributed by atoms with van der Waals surface area (Å²) in [4.78, 5) is 7.93. The van der Waals surface area contributed by atoms with Gasteiger partial charge in [-0.05, 0) is 25.5 Å². The molecule has 0 bridgehead atoms. The van der Waals surface area contributed by atoms with E-state index in [2.05, 4.69) is 36.1 Å². The van der Waals surface area contributed by atoms with Gasteiger partial charge < -0.3 is 14.6 Å². The number of anilines is 1. The summed E-state index contributed by atoms with van der Waals surface area (Å²) in [5, 5.41) is 4.49. The molecule has 0 spiro atoms. The van der Waals surface area contributed by atoms with Gasteiger partial charge in [0.1, 0.15) is 5.76 Å². The van der Waals surface area contributed by atoms with Crippen LogP contribution in [0, 0.1) is 12.8 Å². The van der Waals surface area contributed by atoms with Gasteiger partial charge in [0.2, 0.25) is 0 Å². The molecule has 2 rings (SSSR count). The quantitative estimate of drug-likeness (QED) is 0.849. The van der Waals surface area contributed by atoms with E-state index < -0.39 is 0 Å². The maximum Gasteiger partial charge on any atom is 0.185 e. The van der Waals surface area contributed by atoms with Crippen molar-refractivity contribution >= 4 is 16.5 Å². The molecule has 0 aromatic carbocycles. The molecule has 20 heavy (non-hydrogen) atoms. The van der Waals surface area contributed by atoms with Gasteiger partial charge in [-0.3, -0.25) is 0 Å². The van der Waals surface area contributed by atoms with Crippen LogP contribution in [-0.4, -0.2) is 18.6 Å². The van der Waals surface area contributed by atoms with Gasteiger partial charge in [-0.25, -0.2) is 4.98 Å². The summed E-state index contributed by atoms with van der Waals surface area (Å²) < 4.78 is 5.33. The number of furan rings is 1. The summed E-state index contributed by atoms with van der Waals surface area (Å²) >= 11 is 1.74. The molecule has 5 heteroatoms. The molecule has 0 atom stereocenters. The van der Waals surface area contributed by atoms with Gasteiger partial charge in [0.05, 0.1) is 6.26 Å². The van der Waals surface area contributed by atoms with Crippen molar-refractivity contribution < 1.29 is 4.42 Å². The summed E-state index contributed by atoms with van der Waals surface area (Å²) in [6, 6.07) is 2.02. The third-order valence-corrected chi connectivity index (χ3v) is 4.21. The van der Waals surface area contributed by atoms with Crippen molar-refractivity contribution in [1.82, 2.24) is 10.3 Å². The normalized spacial score (nSPS) is 11.2. The van der Waals surface area contributed by atoms with Crippen molar-refractivity contribution in [3.63, 3.8) is 0 Å². The van der Waals surface area contributed by atoms with Crippen LogP contribution in [-0.2, 0) is 13.1 Å². The second kappa shape index (κ2) is 6.90. The van der Waals surface area contributed by atoms with Gasteiger partial charge in [0.25, 0.3) is 0 Å². The molecular formula is C15H23N3OS. The van der Waals surface area contributed by atoms with Crippen LogP contribution in [0.15, 0.2) is 22.9 Å². The second-order valence-electron chi connectivity index (χ2n) is 5.49. The van der Waals surface area contributed by atoms with Crippen LogP contribution < -0.4 is 10.2 Å². The van der Waals surface area contributed by atoms with Gasteiger partial charge in [0.15, 0.2) is 5.13 Å². The zero-order chi connectivity index (χ0) is 14.5. The predicted octanol–water partition coefficient (Wildman–Crippen LogP) is 3.43. The second-order valence-corrected chi connectivity index (χ2v) is 6.59. The first-order valence-electron chi connectivity index (χ1n) is 6.95. The van der Waals surface area contributed by atoms with E-state index in [1.54, 1.807) is 17.6 Å². The smallest absolute Gasteiger partial charge is 0.185 e. The highest BCUT2D eigenvalue weighted by molar-refractivity contribution is 7.15. The molecule has 1 N–H and O–H groups in total. The minimum Gasteiger partial charge on any atom is -0.469 e. The van der Waals surface area contributed by atoms with Crippen LogP contribution in [0.2, 0.25) is 0 Å². The van der Waals surface area contributed by atoms with E-state index in [1.165, 1.54) is 10.4 Å². The maximum atomic E-state index is 5.33. The van der Waals surface area contributed by atoms with Gasteiger partial charge >= 0.3 is 0 Å². The fourth-order valence-electron chi connectivity index (χ4n) is 1.94. The molecule has 0 amide bonds. The maximum absolute atomic E-state index is 5.33. The summed E-state index contributed by atoms with van der Waals surface area (Å²) in [7, 11) is 2.07. The lowest BCUT2D eigenvalue weighted by molar-refractivity contribution is 0.529. The molecule has 0 unspecified atom stereocenters. The molecule has 2 heterocycles. The topological polar surface area (TPSA) is 41.3 Å². The first kappa shape index (κ1) is 15.1. The Bertz CT molecular complexity index is 533. The molecule has 0 fully saturated rings. The Morgan fingerprint density at radius 3 is 2.90 bits per heavy atom. The van der Waals surface area contributed by atoms with Crippen LogP contribution >= 0.6 is 11.3 Å². The average molecular weight is 293 g/mol. The minimum atomic E-state index is 0.675. The Labute approximate surface area is 124 Å². The third-order valence-electron chi connectivity index (χ3n) is 3.09. The molecule has 4 nitrogen and oxygen atoms in total. The number of nitrogens with zero attached hydrogens (tertiary/aromatic N) is 2. The molecular weight excluding hydrogens is 270 g/mol. The van der Waals surface area contributed by atoms with Crippen molar-refractivity contribution in [3.05, 3.63) is 34.7 Å². The lowest BCUT2D eigenvalue weighted by atomic mass is 10.2. The number of thiazole rings is 1. The third kappa shape index (κ3) is 4.08. The molecule has 0 saturated carbocycles. The van der Waals surface area contributed by atoms with Crippen LogP contribution in [0.5, 0.6) is 0 Å². The number of hydrogen-bond acceptors (Lipinski definition) is 5. The highest BCUT2D eigenvalue weighted by atomic mass is 32.1. The van der Waals surface area contributed by atoms with Crippen LogP contribution in [0.1, 0.15) is 30.0 Å². The van der Waals surface area contributed by atoms with Gasteiger partial charge in [0, 0.05) is 36.8 Å². The zero-order valence-electron chi connectivity index (χ0n) is 12.6. The van der Waals surface area contributed by atoms with Crippen molar-refractivity contribution in [2.45, 2.75) is 33.9 Å². The summed E-state index contributed by atoms with van der Waals surface area (Å²) in [6.45, 7) is 9.19.